The van der Waals surface area contributed by atoms with Gasteiger partial charge in [-0.05, 0) is 31.4 Å². The van der Waals surface area contributed by atoms with Crippen molar-refractivity contribution in [1.29, 1.82) is 0 Å². The van der Waals surface area contributed by atoms with Crippen molar-refractivity contribution in [2.45, 2.75) is 32.7 Å². The van der Waals surface area contributed by atoms with E-state index >= 15 is 0 Å². The number of pyridine rings is 1. The van der Waals surface area contributed by atoms with E-state index in [1.807, 2.05) is 6.92 Å². The lowest BCUT2D eigenvalue weighted by atomic mass is 9.93. The molecule has 0 fully saturated rings. The van der Waals surface area contributed by atoms with Crippen molar-refractivity contribution in [1.82, 2.24) is 15.0 Å². The Bertz CT molecular complexity index is 813. The van der Waals surface area contributed by atoms with E-state index in [4.69, 9.17) is 27.2 Å². The number of hydrogen-bond donors (Lipinski definition) is 2. The second kappa shape index (κ2) is 8.49. The molecular formula is C18H24ClN5O3. The molecule has 8 nitrogen and oxygen atoms in total. The number of hydrogen-bond acceptors (Lipinski definition) is 6. The third kappa shape index (κ3) is 5.77. The van der Waals surface area contributed by atoms with Gasteiger partial charge in [0.2, 0.25) is 11.8 Å². The average molecular weight is 394 g/mol. The van der Waals surface area contributed by atoms with Crippen molar-refractivity contribution >= 4 is 23.6 Å². The molecule has 0 aliphatic heterocycles. The highest BCUT2D eigenvalue weighted by Gasteiger charge is 2.22. The predicted octanol–water partition coefficient (Wildman–Crippen LogP) is 3.45. The third-order valence-corrected chi connectivity index (χ3v) is 4.02. The number of ether oxygens (including phenoxy) is 1. The van der Waals surface area contributed by atoms with E-state index in [2.05, 4.69) is 28.8 Å². The topological polar surface area (TPSA) is 114 Å². The Morgan fingerprint density at radius 2 is 2.15 bits per heavy atom. The average Bonchev–Trinajstić information content (AvgIpc) is 2.59. The van der Waals surface area contributed by atoms with Crippen LogP contribution in [-0.2, 0) is 0 Å². The van der Waals surface area contributed by atoms with Crippen LogP contribution in [0.2, 0.25) is 5.02 Å². The first kappa shape index (κ1) is 20.9. The lowest BCUT2D eigenvalue weighted by Gasteiger charge is -2.26. The SMILES string of the molecule is CC(C)C[C@@](C)(N)COc1ncc(-c2ccnc(N(C)C(=O)O)n2)cc1Cl. The molecular weight excluding hydrogens is 370 g/mol. The van der Waals surface area contributed by atoms with Gasteiger partial charge < -0.3 is 15.6 Å². The maximum atomic E-state index is 11.1. The maximum Gasteiger partial charge on any atom is 0.413 e. The maximum absolute atomic E-state index is 11.1. The second-order valence-electron chi connectivity index (χ2n) is 7.14. The van der Waals surface area contributed by atoms with E-state index < -0.39 is 11.6 Å². The number of carbonyl (C=O) groups is 1. The Balaban J connectivity index is 2.17. The van der Waals surface area contributed by atoms with Gasteiger partial charge in [-0.1, -0.05) is 25.4 Å². The number of amides is 1. The fourth-order valence-electron chi connectivity index (χ4n) is 2.65. The quantitative estimate of drug-likeness (QED) is 0.740. The fourth-order valence-corrected chi connectivity index (χ4v) is 2.87. The van der Waals surface area contributed by atoms with Gasteiger partial charge in [0.25, 0.3) is 0 Å². The standard InChI is InChI=1S/C18H24ClN5O3/c1-11(2)8-18(3,20)10-27-15-13(19)7-12(9-22-15)14-5-6-21-16(23-14)24(4)17(25)26/h5-7,9,11H,8,10,20H2,1-4H3,(H,25,26)/t18-/m1/s1. The van der Waals surface area contributed by atoms with Crippen LogP contribution in [-0.4, -0.2) is 45.3 Å². The normalized spacial score (nSPS) is 13.3. The number of nitrogens with zero attached hydrogens (tertiary/aromatic N) is 4. The summed E-state index contributed by atoms with van der Waals surface area (Å²) in [5.74, 6) is 0.798. The predicted molar refractivity (Wildman–Crippen MR) is 104 cm³/mol. The first-order chi connectivity index (χ1) is 12.6. The Labute approximate surface area is 163 Å². The highest BCUT2D eigenvalue weighted by molar-refractivity contribution is 6.32. The first-order valence-corrected chi connectivity index (χ1v) is 8.84. The van der Waals surface area contributed by atoms with Gasteiger partial charge in [0.1, 0.15) is 11.6 Å². The van der Waals surface area contributed by atoms with Crippen molar-refractivity contribution < 1.29 is 14.6 Å². The largest absolute Gasteiger partial charge is 0.475 e. The van der Waals surface area contributed by atoms with Gasteiger partial charge in [0.15, 0.2) is 0 Å². The zero-order valence-corrected chi connectivity index (χ0v) is 16.6. The third-order valence-electron chi connectivity index (χ3n) is 3.75. The van der Waals surface area contributed by atoms with Crippen LogP contribution in [0.25, 0.3) is 11.3 Å². The number of nitrogens with two attached hydrogens (primary N) is 1. The molecule has 27 heavy (non-hydrogen) atoms. The van der Waals surface area contributed by atoms with Crippen LogP contribution in [0.1, 0.15) is 27.2 Å². The Morgan fingerprint density at radius 3 is 2.74 bits per heavy atom. The van der Waals surface area contributed by atoms with E-state index in [0.717, 1.165) is 11.3 Å². The lowest BCUT2D eigenvalue weighted by molar-refractivity contribution is 0.201. The minimum absolute atomic E-state index is 0.0593. The van der Waals surface area contributed by atoms with Gasteiger partial charge in [-0.2, -0.15) is 0 Å². The molecule has 9 heteroatoms. The zero-order chi connectivity index (χ0) is 20.2. The molecule has 0 spiro atoms. The Hall–Kier alpha value is -2.45. The van der Waals surface area contributed by atoms with Gasteiger partial charge >= 0.3 is 6.09 Å². The molecule has 2 heterocycles. The van der Waals surface area contributed by atoms with Gasteiger partial charge in [-0.3, -0.25) is 0 Å². The zero-order valence-electron chi connectivity index (χ0n) is 15.8. The minimum Gasteiger partial charge on any atom is -0.475 e. The Kier molecular flexibility index (Phi) is 6.56. The summed E-state index contributed by atoms with van der Waals surface area (Å²) in [4.78, 5) is 24.4. The highest BCUT2D eigenvalue weighted by atomic mass is 35.5. The van der Waals surface area contributed by atoms with E-state index in [-0.39, 0.29) is 18.4 Å². The Morgan fingerprint density at radius 1 is 1.44 bits per heavy atom. The summed E-state index contributed by atoms with van der Waals surface area (Å²) in [5, 5.41) is 9.36. The van der Waals surface area contributed by atoms with Crippen molar-refractivity contribution in [3.8, 4) is 17.1 Å². The number of rotatable bonds is 7. The molecule has 0 aliphatic carbocycles. The van der Waals surface area contributed by atoms with Crippen LogP contribution in [0, 0.1) is 5.92 Å². The molecule has 0 aromatic carbocycles. The van der Waals surface area contributed by atoms with E-state index in [0.29, 0.717) is 22.2 Å². The van der Waals surface area contributed by atoms with Crippen molar-refractivity contribution in [3.05, 3.63) is 29.5 Å². The molecule has 0 saturated heterocycles. The van der Waals surface area contributed by atoms with E-state index in [1.54, 1.807) is 18.3 Å². The number of anilines is 1. The summed E-state index contributed by atoms with van der Waals surface area (Å²) in [7, 11) is 1.37. The highest BCUT2D eigenvalue weighted by Crippen LogP contribution is 2.28. The van der Waals surface area contributed by atoms with Crippen LogP contribution in [0.15, 0.2) is 24.5 Å². The smallest absolute Gasteiger partial charge is 0.413 e. The molecule has 1 atom stereocenters. The summed E-state index contributed by atoms with van der Waals surface area (Å²) in [6.07, 6.45) is 2.69. The van der Waals surface area contributed by atoms with E-state index in [9.17, 15) is 4.79 Å². The number of aromatic nitrogens is 3. The number of halogens is 1. The summed E-state index contributed by atoms with van der Waals surface area (Å²) >= 11 is 6.29. The summed E-state index contributed by atoms with van der Waals surface area (Å²) in [6, 6.07) is 3.31. The fraction of sp³-hybridized carbons (Fsp3) is 0.444. The second-order valence-corrected chi connectivity index (χ2v) is 7.54. The van der Waals surface area contributed by atoms with Gasteiger partial charge in [0, 0.05) is 30.5 Å². The molecule has 0 radical (unpaired) electrons. The molecule has 2 rings (SSSR count). The van der Waals surface area contributed by atoms with Gasteiger partial charge in [0.05, 0.1) is 5.69 Å². The molecule has 0 aliphatic rings. The van der Waals surface area contributed by atoms with Crippen LogP contribution < -0.4 is 15.4 Å². The molecule has 2 aromatic rings. The molecule has 0 bridgehead atoms. The van der Waals surface area contributed by atoms with E-state index in [1.165, 1.54) is 13.2 Å². The van der Waals surface area contributed by atoms with Crippen molar-refractivity contribution in [2.75, 3.05) is 18.6 Å². The van der Waals surface area contributed by atoms with Gasteiger partial charge in [-0.25, -0.2) is 24.6 Å². The number of carboxylic acid groups (broad SMARTS) is 1. The first-order valence-electron chi connectivity index (χ1n) is 8.46. The van der Waals surface area contributed by atoms with Crippen LogP contribution in [0.4, 0.5) is 10.7 Å². The van der Waals surface area contributed by atoms with Crippen LogP contribution in [0.3, 0.4) is 0 Å². The molecule has 0 unspecified atom stereocenters. The van der Waals surface area contributed by atoms with Crippen molar-refractivity contribution in [2.24, 2.45) is 11.7 Å². The molecule has 1 amide bonds. The molecule has 2 aromatic heterocycles. The van der Waals surface area contributed by atoms with Gasteiger partial charge in [-0.15, -0.1) is 0 Å². The monoisotopic (exact) mass is 393 g/mol. The lowest BCUT2D eigenvalue weighted by Crippen LogP contribution is -2.43. The van der Waals surface area contributed by atoms with Crippen LogP contribution in [0.5, 0.6) is 5.88 Å². The molecule has 146 valence electrons. The minimum atomic E-state index is -1.15. The summed E-state index contributed by atoms with van der Waals surface area (Å²) < 4.78 is 5.70. The summed E-state index contributed by atoms with van der Waals surface area (Å²) in [6.45, 7) is 6.42. The van der Waals surface area contributed by atoms with Crippen LogP contribution >= 0.6 is 11.6 Å². The molecule has 3 N–H and O–H groups in total. The van der Waals surface area contributed by atoms with Crippen molar-refractivity contribution in [3.63, 3.8) is 0 Å². The molecule has 0 saturated carbocycles. The summed E-state index contributed by atoms with van der Waals surface area (Å²) in [5.41, 5.74) is 6.87.